The molecule has 27 heavy (non-hydrogen) atoms. The summed E-state index contributed by atoms with van der Waals surface area (Å²) < 4.78 is 7.22. The number of nitrogens with zero attached hydrogens (tertiary/aromatic N) is 3. The van der Waals surface area contributed by atoms with Crippen LogP contribution in [0, 0.1) is 0 Å². The van der Waals surface area contributed by atoms with E-state index in [1.54, 1.807) is 30.7 Å². The molecule has 0 bridgehead atoms. The van der Waals surface area contributed by atoms with Gasteiger partial charge >= 0.3 is 0 Å². The molecule has 4 aromatic rings. The van der Waals surface area contributed by atoms with Crippen molar-refractivity contribution in [2.24, 2.45) is 0 Å². The van der Waals surface area contributed by atoms with E-state index >= 15 is 0 Å². The minimum absolute atomic E-state index is 0.226. The number of methoxy groups -OCH3 is 1. The minimum Gasteiger partial charge on any atom is -0.495 e. The third-order valence-corrected chi connectivity index (χ3v) is 4.77. The van der Waals surface area contributed by atoms with Crippen LogP contribution in [0.1, 0.15) is 4.88 Å². The number of rotatable bonds is 5. The molecule has 0 radical (unpaired) electrons. The minimum atomic E-state index is -0.226. The second-order valence-electron chi connectivity index (χ2n) is 5.71. The van der Waals surface area contributed by atoms with Gasteiger partial charge in [0.15, 0.2) is 0 Å². The summed E-state index contributed by atoms with van der Waals surface area (Å²) in [6.45, 7) is 0. The number of carbonyl (C=O) groups is 1. The van der Waals surface area contributed by atoms with Crippen molar-refractivity contribution in [2.75, 3.05) is 12.4 Å². The fourth-order valence-corrected chi connectivity index (χ4v) is 3.27. The smallest absolute Gasteiger partial charge is 0.248 e. The maximum Gasteiger partial charge on any atom is 0.248 e. The van der Waals surface area contributed by atoms with Gasteiger partial charge in [-0.1, -0.05) is 6.07 Å². The number of nitrogens with one attached hydrogen (secondary N) is 1. The maximum atomic E-state index is 12.3. The van der Waals surface area contributed by atoms with E-state index < -0.39 is 0 Å². The monoisotopic (exact) mass is 376 g/mol. The average Bonchev–Trinajstić information content (AvgIpc) is 3.35. The van der Waals surface area contributed by atoms with E-state index in [9.17, 15) is 4.79 Å². The molecule has 7 heteroatoms. The SMILES string of the molecule is COc1ccc(-c2cn3cccnc3n2)cc1NC(=O)/C=C/c1cccs1. The highest BCUT2D eigenvalue weighted by atomic mass is 32.1. The number of benzene rings is 1. The molecule has 3 aromatic heterocycles. The van der Waals surface area contributed by atoms with Crippen LogP contribution in [-0.2, 0) is 4.79 Å². The van der Waals surface area contributed by atoms with Crippen LogP contribution in [0.2, 0.25) is 0 Å². The molecule has 3 heterocycles. The summed E-state index contributed by atoms with van der Waals surface area (Å²) in [6, 6.07) is 11.3. The second kappa shape index (κ2) is 7.43. The number of anilines is 1. The van der Waals surface area contributed by atoms with Gasteiger partial charge in [-0.15, -0.1) is 11.3 Å². The summed E-state index contributed by atoms with van der Waals surface area (Å²) in [4.78, 5) is 22.0. The Kier molecular flexibility index (Phi) is 4.67. The fraction of sp³-hybridized carbons (Fsp3) is 0.0500. The van der Waals surface area contributed by atoms with Gasteiger partial charge in [0.1, 0.15) is 5.75 Å². The lowest BCUT2D eigenvalue weighted by molar-refractivity contribution is -0.111. The normalized spacial score (nSPS) is 11.1. The predicted molar refractivity (Wildman–Crippen MR) is 107 cm³/mol. The Balaban J connectivity index is 1.61. The number of carbonyl (C=O) groups excluding carboxylic acids is 1. The number of aromatic nitrogens is 3. The number of ether oxygens (including phenoxy) is 1. The van der Waals surface area contributed by atoms with E-state index in [1.807, 2.05) is 58.6 Å². The lowest BCUT2D eigenvalue weighted by Gasteiger charge is -2.10. The zero-order valence-electron chi connectivity index (χ0n) is 14.5. The van der Waals surface area contributed by atoms with E-state index in [0.717, 1.165) is 16.1 Å². The van der Waals surface area contributed by atoms with E-state index in [4.69, 9.17) is 4.74 Å². The average molecular weight is 376 g/mol. The van der Waals surface area contributed by atoms with Crippen molar-refractivity contribution in [1.82, 2.24) is 14.4 Å². The van der Waals surface area contributed by atoms with Crippen LogP contribution < -0.4 is 10.1 Å². The van der Waals surface area contributed by atoms with E-state index in [2.05, 4.69) is 15.3 Å². The molecule has 1 aromatic carbocycles. The molecule has 0 fully saturated rings. The highest BCUT2D eigenvalue weighted by Crippen LogP contribution is 2.30. The highest BCUT2D eigenvalue weighted by molar-refractivity contribution is 7.10. The molecular weight excluding hydrogens is 360 g/mol. The van der Waals surface area contributed by atoms with Crippen molar-refractivity contribution in [3.05, 3.63) is 71.3 Å². The Labute approximate surface area is 159 Å². The Morgan fingerprint density at radius 3 is 3.00 bits per heavy atom. The molecule has 1 amide bonds. The number of hydrogen-bond acceptors (Lipinski definition) is 5. The largest absolute Gasteiger partial charge is 0.495 e. The van der Waals surface area contributed by atoms with E-state index in [-0.39, 0.29) is 5.91 Å². The van der Waals surface area contributed by atoms with Gasteiger partial charge in [-0.2, -0.15) is 0 Å². The lowest BCUT2D eigenvalue weighted by Crippen LogP contribution is -2.09. The molecule has 4 rings (SSSR count). The van der Waals surface area contributed by atoms with E-state index in [0.29, 0.717) is 17.2 Å². The first kappa shape index (κ1) is 17.0. The second-order valence-corrected chi connectivity index (χ2v) is 6.69. The number of hydrogen-bond donors (Lipinski definition) is 1. The molecule has 6 nitrogen and oxygen atoms in total. The lowest BCUT2D eigenvalue weighted by atomic mass is 10.1. The third kappa shape index (κ3) is 3.73. The molecule has 0 aliphatic rings. The van der Waals surface area contributed by atoms with Gasteiger partial charge in [0.25, 0.3) is 0 Å². The van der Waals surface area contributed by atoms with Crippen LogP contribution >= 0.6 is 11.3 Å². The van der Waals surface area contributed by atoms with Crippen molar-refractivity contribution in [3.63, 3.8) is 0 Å². The maximum absolute atomic E-state index is 12.3. The Morgan fingerprint density at radius 2 is 2.22 bits per heavy atom. The summed E-state index contributed by atoms with van der Waals surface area (Å²) in [5.41, 5.74) is 2.21. The standard InChI is InChI=1S/C20H16N4O2S/c1-26-18-7-5-14(17-13-24-10-3-9-21-20(24)23-17)12-16(18)22-19(25)8-6-15-4-2-11-27-15/h2-13H,1H3,(H,22,25)/b8-6+. The van der Waals surface area contributed by atoms with Crippen LogP contribution in [0.3, 0.4) is 0 Å². The quantitative estimate of drug-likeness (QED) is 0.532. The molecule has 0 aliphatic heterocycles. The van der Waals surface area contributed by atoms with Gasteiger partial charge in [-0.3, -0.25) is 9.20 Å². The fourth-order valence-electron chi connectivity index (χ4n) is 2.65. The van der Waals surface area contributed by atoms with Crippen molar-refractivity contribution >= 4 is 34.8 Å². The van der Waals surface area contributed by atoms with Crippen LogP contribution in [0.5, 0.6) is 5.75 Å². The Morgan fingerprint density at radius 1 is 1.30 bits per heavy atom. The zero-order chi connectivity index (χ0) is 18.6. The molecule has 134 valence electrons. The van der Waals surface area contributed by atoms with Gasteiger partial charge in [0.05, 0.1) is 18.5 Å². The summed E-state index contributed by atoms with van der Waals surface area (Å²) >= 11 is 1.57. The molecule has 0 saturated carbocycles. The predicted octanol–water partition coefficient (Wildman–Crippen LogP) is 4.12. The molecule has 0 unspecified atom stereocenters. The summed E-state index contributed by atoms with van der Waals surface area (Å²) in [5.74, 6) is 0.974. The van der Waals surface area contributed by atoms with Crippen LogP contribution in [0.15, 0.2) is 66.4 Å². The molecule has 0 atom stereocenters. The number of fused-ring (bicyclic) bond motifs is 1. The zero-order valence-corrected chi connectivity index (χ0v) is 15.3. The topological polar surface area (TPSA) is 68.5 Å². The van der Waals surface area contributed by atoms with Crippen LogP contribution in [0.25, 0.3) is 23.1 Å². The first-order chi connectivity index (χ1) is 13.2. The van der Waals surface area contributed by atoms with Gasteiger partial charge in [-0.25, -0.2) is 9.97 Å². The Hall–Kier alpha value is -3.45. The first-order valence-electron chi connectivity index (χ1n) is 8.23. The van der Waals surface area contributed by atoms with Crippen molar-refractivity contribution in [1.29, 1.82) is 0 Å². The van der Waals surface area contributed by atoms with Crippen LogP contribution in [-0.4, -0.2) is 27.4 Å². The molecule has 0 saturated heterocycles. The van der Waals surface area contributed by atoms with Crippen LogP contribution in [0.4, 0.5) is 5.69 Å². The van der Waals surface area contributed by atoms with Gasteiger partial charge in [0.2, 0.25) is 11.7 Å². The molecule has 0 aliphatic carbocycles. The Bertz CT molecular complexity index is 1080. The summed E-state index contributed by atoms with van der Waals surface area (Å²) in [6.07, 6.45) is 8.77. The molecule has 0 spiro atoms. The third-order valence-electron chi connectivity index (χ3n) is 3.93. The number of thiophene rings is 1. The summed E-state index contributed by atoms with van der Waals surface area (Å²) in [7, 11) is 1.57. The molecule has 1 N–H and O–H groups in total. The van der Waals surface area contributed by atoms with Gasteiger partial charge in [-0.05, 0) is 41.8 Å². The highest BCUT2D eigenvalue weighted by Gasteiger charge is 2.11. The van der Waals surface area contributed by atoms with Crippen molar-refractivity contribution in [3.8, 4) is 17.0 Å². The van der Waals surface area contributed by atoms with Crippen molar-refractivity contribution in [2.45, 2.75) is 0 Å². The van der Waals surface area contributed by atoms with Crippen molar-refractivity contribution < 1.29 is 9.53 Å². The van der Waals surface area contributed by atoms with Gasteiger partial charge in [0, 0.05) is 35.1 Å². The first-order valence-corrected chi connectivity index (χ1v) is 9.11. The van der Waals surface area contributed by atoms with Gasteiger partial charge < -0.3 is 10.1 Å². The number of amides is 1. The summed E-state index contributed by atoms with van der Waals surface area (Å²) in [5, 5.41) is 4.84. The molecular formula is C20H16N4O2S. The number of imidazole rings is 1. The van der Waals surface area contributed by atoms with E-state index in [1.165, 1.54) is 6.08 Å².